The summed E-state index contributed by atoms with van der Waals surface area (Å²) in [5.41, 5.74) is 2.14. The molecule has 1 aliphatic rings. The number of aromatic nitrogens is 3. The van der Waals surface area contributed by atoms with Gasteiger partial charge in [0.05, 0.1) is 17.3 Å². The number of rotatable bonds is 3. The van der Waals surface area contributed by atoms with E-state index in [4.69, 9.17) is 5.26 Å². The summed E-state index contributed by atoms with van der Waals surface area (Å²) in [7, 11) is 0. The van der Waals surface area contributed by atoms with Crippen molar-refractivity contribution in [3.63, 3.8) is 0 Å². The Hall–Kier alpha value is -2.49. The van der Waals surface area contributed by atoms with Crippen LogP contribution in [-0.4, -0.2) is 26.7 Å². The molecule has 1 fully saturated rings. The molecule has 1 aliphatic carbocycles. The summed E-state index contributed by atoms with van der Waals surface area (Å²) in [4.78, 5) is 4.39. The van der Waals surface area contributed by atoms with Crippen molar-refractivity contribution in [1.82, 2.24) is 14.8 Å². The maximum absolute atomic E-state index is 12.9. The normalized spacial score (nSPS) is 16.9. The molecule has 2 aromatic rings. The molecule has 22 heavy (non-hydrogen) atoms. The van der Waals surface area contributed by atoms with Gasteiger partial charge in [0.2, 0.25) is 0 Å². The summed E-state index contributed by atoms with van der Waals surface area (Å²) in [5.74, 6) is -1.68. The Morgan fingerprint density at radius 2 is 2.05 bits per heavy atom. The van der Waals surface area contributed by atoms with E-state index >= 15 is 0 Å². The number of pyridine rings is 1. The van der Waals surface area contributed by atoms with E-state index in [2.05, 4.69) is 21.5 Å². The molecule has 0 amide bonds. The molecule has 2 heterocycles. The Morgan fingerprint density at radius 3 is 2.59 bits per heavy atom. The molecular weight excluding hydrogens is 288 g/mol. The second kappa shape index (κ2) is 5.05. The van der Waals surface area contributed by atoms with Crippen molar-refractivity contribution in [2.75, 3.05) is 5.32 Å². The Kier molecular flexibility index (Phi) is 3.32. The number of hydrogen-bond acceptors (Lipinski definition) is 4. The fourth-order valence-corrected chi connectivity index (χ4v) is 2.60. The molecule has 114 valence electrons. The van der Waals surface area contributed by atoms with Gasteiger partial charge in [-0.1, -0.05) is 0 Å². The zero-order valence-corrected chi connectivity index (χ0v) is 12.3. The molecule has 0 aromatic carbocycles. The monoisotopic (exact) mass is 303 g/mol. The number of alkyl halides is 2. The average molecular weight is 303 g/mol. The Balaban J connectivity index is 1.90. The SMILES string of the molecule is Cc1cc(C)n(-c2cc(C#N)cc(NC3CC(F)(F)C3)n2)n1. The molecule has 2 aromatic heterocycles. The van der Waals surface area contributed by atoms with Gasteiger partial charge in [0, 0.05) is 30.6 Å². The first-order chi connectivity index (χ1) is 10.4. The third-order valence-corrected chi connectivity index (χ3v) is 3.61. The second-order valence-corrected chi connectivity index (χ2v) is 5.66. The Morgan fingerprint density at radius 1 is 1.32 bits per heavy atom. The number of nitriles is 1. The molecule has 3 rings (SSSR count). The lowest BCUT2D eigenvalue weighted by Gasteiger charge is -2.35. The zero-order chi connectivity index (χ0) is 15.9. The predicted octanol–water partition coefficient (Wildman–Crippen LogP) is 2.97. The number of hydrogen-bond donors (Lipinski definition) is 1. The number of nitrogens with one attached hydrogen (secondary N) is 1. The van der Waals surface area contributed by atoms with Crippen molar-refractivity contribution in [2.45, 2.75) is 38.7 Å². The fourth-order valence-electron chi connectivity index (χ4n) is 2.60. The summed E-state index contributed by atoms with van der Waals surface area (Å²) in [6.45, 7) is 3.76. The van der Waals surface area contributed by atoms with E-state index in [0.29, 0.717) is 17.2 Å². The van der Waals surface area contributed by atoms with Crippen molar-refractivity contribution in [3.05, 3.63) is 35.2 Å². The van der Waals surface area contributed by atoms with Crippen LogP contribution in [0.5, 0.6) is 0 Å². The molecule has 0 atom stereocenters. The van der Waals surface area contributed by atoms with E-state index < -0.39 is 5.92 Å². The summed E-state index contributed by atoms with van der Waals surface area (Å²) in [6.07, 6.45) is -0.415. The molecular formula is C15H15F2N5. The van der Waals surface area contributed by atoms with Gasteiger partial charge in [-0.15, -0.1) is 0 Å². The quantitative estimate of drug-likeness (QED) is 0.946. The van der Waals surface area contributed by atoms with Gasteiger partial charge in [-0.3, -0.25) is 0 Å². The van der Waals surface area contributed by atoms with Crippen LogP contribution >= 0.6 is 0 Å². The first-order valence-corrected chi connectivity index (χ1v) is 6.96. The average Bonchev–Trinajstić information content (AvgIpc) is 2.75. The summed E-state index contributed by atoms with van der Waals surface area (Å²) in [5, 5.41) is 16.4. The lowest BCUT2D eigenvalue weighted by molar-refractivity contribution is -0.0794. The smallest absolute Gasteiger partial charge is 0.252 e. The maximum Gasteiger partial charge on any atom is 0.252 e. The van der Waals surface area contributed by atoms with Gasteiger partial charge in [0.15, 0.2) is 5.82 Å². The van der Waals surface area contributed by atoms with Gasteiger partial charge in [-0.05, 0) is 26.0 Å². The molecule has 1 saturated carbocycles. The van der Waals surface area contributed by atoms with Crippen LogP contribution in [0.3, 0.4) is 0 Å². The van der Waals surface area contributed by atoms with Gasteiger partial charge in [-0.2, -0.15) is 10.4 Å². The number of nitrogens with zero attached hydrogens (tertiary/aromatic N) is 4. The molecule has 7 heteroatoms. The van der Waals surface area contributed by atoms with Crippen LogP contribution in [0.15, 0.2) is 18.2 Å². The van der Waals surface area contributed by atoms with Crippen LogP contribution in [-0.2, 0) is 0 Å². The van der Waals surface area contributed by atoms with Gasteiger partial charge >= 0.3 is 0 Å². The fraction of sp³-hybridized carbons (Fsp3) is 0.400. The minimum atomic E-state index is -2.59. The number of halogens is 2. The summed E-state index contributed by atoms with van der Waals surface area (Å²) < 4.78 is 27.5. The van der Waals surface area contributed by atoms with E-state index in [1.807, 2.05) is 19.9 Å². The first-order valence-electron chi connectivity index (χ1n) is 6.96. The minimum absolute atomic E-state index is 0.208. The van der Waals surface area contributed by atoms with Gasteiger partial charge < -0.3 is 5.32 Å². The third kappa shape index (κ3) is 2.77. The minimum Gasteiger partial charge on any atom is -0.367 e. The number of aryl methyl sites for hydroxylation is 2. The van der Waals surface area contributed by atoms with Crippen molar-refractivity contribution >= 4 is 5.82 Å². The van der Waals surface area contributed by atoms with Crippen molar-refractivity contribution < 1.29 is 8.78 Å². The summed E-state index contributed by atoms with van der Waals surface area (Å²) in [6, 6.07) is 6.83. The van der Waals surface area contributed by atoms with Crippen LogP contribution in [0, 0.1) is 25.2 Å². The lowest BCUT2D eigenvalue weighted by atomic mass is 9.88. The van der Waals surface area contributed by atoms with Crippen LogP contribution in [0.25, 0.3) is 5.82 Å². The maximum atomic E-state index is 12.9. The Bertz CT molecular complexity index is 752. The van der Waals surface area contributed by atoms with Crippen molar-refractivity contribution in [2.24, 2.45) is 0 Å². The largest absolute Gasteiger partial charge is 0.367 e. The topological polar surface area (TPSA) is 66.5 Å². The van der Waals surface area contributed by atoms with E-state index in [-0.39, 0.29) is 18.9 Å². The molecule has 0 unspecified atom stereocenters. The van der Waals surface area contributed by atoms with Gasteiger partial charge in [0.25, 0.3) is 5.92 Å². The van der Waals surface area contributed by atoms with Crippen LogP contribution in [0.4, 0.5) is 14.6 Å². The van der Waals surface area contributed by atoms with E-state index in [0.717, 1.165) is 11.4 Å². The number of anilines is 1. The molecule has 0 bridgehead atoms. The van der Waals surface area contributed by atoms with Crippen molar-refractivity contribution in [1.29, 1.82) is 5.26 Å². The van der Waals surface area contributed by atoms with Crippen LogP contribution in [0.2, 0.25) is 0 Å². The van der Waals surface area contributed by atoms with Gasteiger partial charge in [0.1, 0.15) is 5.82 Å². The third-order valence-electron chi connectivity index (χ3n) is 3.61. The molecule has 0 saturated heterocycles. The molecule has 0 spiro atoms. The van der Waals surface area contributed by atoms with Crippen LogP contribution < -0.4 is 5.32 Å². The van der Waals surface area contributed by atoms with Crippen LogP contribution in [0.1, 0.15) is 29.8 Å². The highest BCUT2D eigenvalue weighted by Crippen LogP contribution is 2.38. The first kappa shape index (κ1) is 14.4. The standard InChI is InChI=1S/C15H15F2N5/c1-9-3-10(2)22(21-9)14-5-11(8-18)4-13(20-14)19-12-6-15(16,17)7-12/h3-5,12H,6-7H2,1-2H3,(H,19,20). The van der Waals surface area contributed by atoms with Gasteiger partial charge in [-0.25, -0.2) is 18.4 Å². The van der Waals surface area contributed by atoms with E-state index in [1.54, 1.807) is 16.8 Å². The predicted molar refractivity (Wildman–Crippen MR) is 77.1 cm³/mol. The van der Waals surface area contributed by atoms with Crippen molar-refractivity contribution in [3.8, 4) is 11.9 Å². The van der Waals surface area contributed by atoms with E-state index in [9.17, 15) is 8.78 Å². The summed E-state index contributed by atoms with van der Waals surface area (Å²) >= 11 is 0. The molecule has 1 N–H and O–H groups in total. The highest BCUT2D eigenvalue weighted by molar-refractivity contribution is 5.49. The molecule has 5 nitrogen and oxygen atoms in total. The molecule has 0 radical (unpaired) electrons. The second-order valence-electron chi connectivity index (χ2n) is 5.66. The lowest BCUT2D eigenvalue weighted by Crippen LogP contribution is -2.44. The molecule has 0 aliphatic heterocycles. The highest BCUT2D eigenvalue weighted by atomic mass is 19.3. The van der Waals surface area contributed by atoms with E-state index in [1.165, 1.54) is 0 Å². The Labute approximate surface area is 126 Å². The highest BCUT2D eigenvalue weighted by Gasteiger charge is 2.45. The zero-order valence-electron chi connectivity index (χ0n) is 12.3.